The minimum Gasteiger partial charge on any atom is -0.497 e. The Balaban J connectivity index is 1.73. The molecule has 0 unspecified atom stereocenters. The summed E-state index contributed by atoms with van der Waals surface area (Å²) in [7, 11) is 1.59. The normalized spacial score (nSPS) is 10.7. The number of ether oxygens (including phenoxy) is 1. The molecule has 0 aliphatic carbocycles. The fraction of sp³-hybridized carbons (Fsp3) is 0.0476. The molecule has 0 atom stereocenters. The maximum atomic E-state index is 12.8. The number of methoxy groups -OCH3 is 1. The second-order valence-corrected chi connectivity index (χ2v) is 6.22. The number of hydrogen-bond donors (Lipinski definition) is 1. The largest absolute Gasteiger partial charge is 0.497 e. The van der Waals surface area contributed by atoms with E-state index >= 15 is 0 Å². The molecule has 4 rings (SSSR count). The van der Waals surface area contributed by atoms with Crippen LogP contribution in [0.2, 0.25) is 0 Å². The average molecular weight is 388 g/mol. The van der Waals surface area contributed by atoms with E-state index in [2.05, 4.69) is 10.3 Å². The molecule has 8 nitrogen and oxygen atoms in total. The van der Waals surface area contributed by atoms with Crippen LogP contribution in [0.1, 0.15) is 10.4 Å². The third kappa shape index (κ3) is 3.51. The zero-order valence-electron chi connectivity index (χ0n) is 15.4. The second-order valence-electron chi connectivity index (χ2n) is 6.22. The number of nitro groups is 1. The van der Waals surface area contributed by atoms with Crippen molar-refractivity contribution in [2.24, 2.45) is 0 Å². The van der Waals surface area contributed by atoms with Gasteiger partial charge in [-0.05, 0) is 48.5 Å². The van der Waals surface area contributed by atoms with Crippen molar-refractivity contribution in [1.82, 2.24) is 9.38 Å². The van der Waals surface area contributed by atoms with E-state index in [0.717, 1.165) is 5.56 Å². The Morgan fingerprint density at radius 1 is 1.07 bits per heavy atom. The first-order valence-corrected chi connectivity index (χ1v) is 8.74. The number of imidazole rings is 1. The molecule has 0 aliphatic rings. The van der Waals surface area contributed by atoms with Gasteiger partial charge in [-0.25, -0.2) is 4.98 Å². The number of carbonyl (C=O) groups is 1. The highest BCUT2D eigenvalue weighted by molar-refractivity contribution is 6.05. The highest BCUT2D eigenvalue weighted by Crippen LogP contribution is 2.30. The Labute approximate surface area is 165 Å². The summed E-state index contributed by atoms with van der Waals surface area (Å²) in [6.45, 7) is 0. The van der Waals surface area contributed by atoms with E-state index in [9.17, 15) is 14.9 Å². The standard InChI is InChI=1S/C21H16N4O4/c1-29-17-11-7-14(8-12-17)19-20(24-13-3-2-4-18(24)22-19)23-21(26)15-5-9-16(10-6-15)25(27)28/h2-13H,1H3,(H,23,26). The zero-order chi connectivity index (χ0) is 20.4. The molecule has 1 amide bonds. The van der Waals surface area contributed by atoms with E-state index in [1.807, 2.05) is 42.5 Å². The molecule has 2 aromatic carbocycles. The van der Waals surface area contributed by atoms with Gasteiger partial charge in [0, 0.05) is 29.5 Å². The van der Waals surface area contributed by atoms with Gasteiger partial charge in [0.1, 0.15) is 22.9 Å². The van der Waals surface area contributed by atoms with Crippen molar-refractivity contribution < 1.29 is 14.5 Å². The number of fused-ring (bicyclic) bond motifs is 1. The van der Waals surface area contributed by atoms with Crippen molar-refractivity contribution in [1.29, 1.82) is 0 Å². The van der Waals surface area contributed by atoms with Crippen molar-refractivity contribution >= 4 is 23.1 Å². The summed E-state index contributed by atoms with van der Waals surface area (Å²) in [5.41, 5.74) is 2.33. The molecule has 4 aromatic rings. The lowest BCUT2D eigenvalue weighted by molar-refractivity contribution is -0.384. The number of rotatable bonds is 5. The number of pyridine rings is 1. The zero-order valence-corrected chi connectivity index (χ0v) is 15.4. The quantitative estimate of drug-likeness (QED) is 0.409. The number of nitro benzene ring substituents is 1. The van der Waals surface area contributed by atoms with Gasteiger partial charge in [-0.15, -0.1) is 0 Å². The summed E-state index contributed by atoms with van der Waals surface area (Å²) in [4.78, 5) is 27.7. The summed E-state index contributed by atoms with van der Waals surface area (Å²) in [5, 5.41) is 13.7. The lowest BCUT2D eigenvalue weighted by Gasteiger charge is -2.08. The summed E-state index contributed by atoms with van der Waals surface area (Å²) >= 11 is 0. The minimum absolute atomic E-state index is 0.0738. The number of amides is 1. The third-order valence-corrected chi connectivity index (χ3v) is 4.47. The van der Waals surface area contributed by atoms with Crippen LogP contribution in [0.3, 0.4) is 0 Å². The molecule has 0 fully saturated rings. The van der Waals surface area contributed by atoms with Gasteiger partial charge in [0.15, 0.2) is 0 Å². The highest BCUT2D eigenvalue weighted by atomic mass is 16.6. The van der Waals surface area contributed by atoms with Gasteiger partial charge in [0.05, 0.1) is 12.0 Å². The SMILES string of the molecule is COc1ccc(-c2nc3ccccn3c2NC(=O)c2ccc([N+](=O)[O-])cc2)cc1. The first kappa shape index (κ1) is 18.2. The van der Waals surface area contributed by atoms with Crippen LogP contribution in [0, 0.1) is 10.1 Å². The molecule has 144 valence electrons. The second kappa shape index (κ2) is 7.43. The molecule has 0 radical (unpaired) electrons. The molecule has 0 saturated heterocycles. The minimum atomic E-state index is -0.506. The summed E-state index contributed by atoms with van der Waals surface area (Å²) in [6.07, 6.45) is 1.81. The molecule has 8 heteroatoms. The topological polar surface area (TPSA) is 98.8 Å². The Morgan fingerprint density at radius 2 is 1.79 bits per heavy atom. The van der Waals surface area contributed by atoms with E-state index in [0.29, 0.717) is 28.5 Å². The van der Waals surface area contributed by atoms with Crippen LogP contribution in [0.25, 0.3) is 16.9 Å². The molecule has 0 spiro atoms. The van der Waals surface area contributed by atoms with Crippen LogP contribution in [0.5, 0.6) is 5.75 Å². The number of hydrogen-bond acceptors (Lipinski definition) is 5. The predicted molar refractivity (Wildman–Crippen MR) is 108 cm³/mol. The maximum Gasteiger partial charge on any atom is 0.269 e. The van der Waals surface area contributed by atoms with Gasteiger partial charge >= 0.3 is 0 Å². The van der Waals surface area contributed by atoms with Crippen molar-refractivity contribution in [3.8, 4) is 17.0 Å². The number of carbonyl (C=O) groups excluding carboxylic acids is 1. The fourth-order valence-corrected chi connectivity index (χ4v) is 2.98. The van der Waals surface area contributed by atoms with Crippen molar-refractivity contribution in [3.05, 3.63) is 88.6 Å². The summed E-state index contributed by atoms with van der Waals surface area (Å²) < 4.78 is 6.98. The molecule has 2 heterocycles. The molecule has 2 aromatic heterocycles. The molecule has 0 saturated carbocycles. The first-order chi connectivity index (χ1) is 14.1. The lowest BCUT2D eigenvalue weighted by Crippen LogP contribution is -2.14. The molecular formula is C21H16N4O4. The first-order valence-electron chi connectivity index (χ1n) is 8.74. The number of nitrogens with zero attached hydrogens (tertiary/aromatic N) is 3. The van der Waals surface area contributed by atoms with Crippen LogP contribution in [0.4, 0.5) is 11.5 Å². The lowest BCUT2D eigenvalue weighted by atomic mass is 10.1. The number of nitrogens with one attached hydrogen (secondary N) is 1. The van der Waals surface area contributed by atoms with E-state index < -0.39 is 4.92 Å². The number of aromatic nitrogens is 2. The van der Waals surface area contributed by atoms with E-state index in [-0.39, 0.29) is 11.6 Å². The Hall–Kier alpha value is -4.20. The van der Waals surface area contributed by atoms with Gasteiger partial charge in [-0.1, -0.05) is 6.07 Å². The summed E-state index contributed by atoms with van der Waals surface area (Å²) in [5.74, 6) is 0.836. The number of non-ortho nitro benzene ring substituents is 1. The Bertz CT molecular complexity index is 1200. The predicted octanol–water partition coefficient (Wildman–Crippen LogP) is 4.17. The molecule has 29 heavy (non-hydrogen) atoms. The van der Waals surface area contributed by atoms with Crippen molar-refractivity contribution in [2.45, 2.75) is 0 Å². The third-order valence-electron chi connectivity index (χ3n) is 4.47. The van der Waals surface area contributed by atoms with Crippen molar-refractivity contribution in [2.75, 3.05) is 12.4 Å². The number of anilines is 1. The van der Waals surface area contributed by atoms with Crippen LogP contribution in [0.15, 0.2) is 72.9 Å². The van der Waals surface area contributed by atoms with Crippen LogP contribution >= 0.6 is 0 Å². The van der Waals surface area contributed by atoms with Crippen molar-refractivity contribution in [3.63, 3.8) is 0 Å². The maximum absolute atomic E-state index is 12.8. The molecular weight excluding hydrogens is 372 g/mol. The smallest absolute Gasteiger partial charge is 0.269 e. The van der Waals surface area contributed by atoms with Gasteiger partial charge in [-0.3, -0.25) is 19.3 Å². The van der Waals surface area contributed by atoms with E-state index in [1.54, 1.807) is 17.7 Å². The van der Waals surface area contributed by atoms with Crippen LogP contribution in [-0.2, 0) is 0 Å². The Morgan fingerprint density at radius 3 is 2.45 bits per heavy atom. The van der Waals surface area contributed by atoms with Crippen LogP contribution in [-0.4, -0.2) is 27.3 Å². The Kier molecular flexibility index (Phi) is 4.66. The molecule has 1 N–H and O–H groups in total. The van der Waals surface area contributed by atoms with E-state index in [1.165, 1.54) is 24.3 Å². The molecule has 0 bridgehead atoms. The average Bonchev–Trinajstić information content (AvgIpc) is 3.12. The van der Waals surface area contributed by atoms with Gasteiger partial charge < -0.3 is 10.1 Å². The molecule has 0 aliphatic heterocycles. The highest BCUT2D eigenvalue weighted by Gasteiger charge is 2.18. The van der Waals surface area contributed by atoms with Gasteiger partial charge in [0.2, 0.25) is 0 Å². The van der Waals surface area contributed by atoms with Gasteiger partial charge in [-0.2, -0.15) is 0 Å². The summed E-state index contributed by atoms with van der Waals surface area (Å²) in [6, 6.07) is 18.4. The monoisotopic (exact) mass is 388 g/mol. The van der Waals surface area contributed by atoms with E-state index in [4.69, 9.17) is 4.74 Å². The van der Waals surface area contributed by atoms with Gasteiger partial charge in [0.25, 0.3) is 11.6 Å². The van der Waals surface area contributed by atoms with Crippen LogP contribution < -0.4 is 10.1 Å². The number of benzene rings is 2. The fourth-order valence-electron chi connectivity index (χ4n) is 2.98.